The van der Waals surface area contributed by atoms with Crippen LogP contribution < -0.4 is 10.0 Å². The van der Waals surface area contributed by atoms with Gasteiger partial charge in [-0.3, -0.25) is 9.46 Å². The maximum atomic E-state index is 11.6. The van der Waals surface area contributed by atoms with Crippen molar-refractivity contribution in [3.8, 4) is 5.75 Å². The fraction of sp³-hybridized carbons (Fsp3) is 0.440. The maximum absolute atomic E-state index is 11.6. The Morgan fingerprint density at radius 1 is 1.12 bits per heavy atom. The van der Waals surface area contributed by atoms with Gasteiger partial charge in [-0.05, 0) is 86.4 Å². The van der Waals surface area contributed by atoms with E-state index in [1.807, 2.05) is 18.3 Å². The van der Waals surface area contributed by atoms with Crippen LogP contribution in [0.5, 0.6) is 5.75 Å². The number of methoxy groups -OCH3 is 1. The molecule has 6 nitrogen and oxygen atoms in total. The molecule has 3 aromatic rings. The van der Waals surface area contributed by atoms with Gasteiger partial charge in [0.1, 0.15) is 5.75 Å². The van der Waals surface area contributed by atoms with Crippen LogP contribution in [0.15, 0.2) is 42.6 Å². The number of nitrogens with one attached hydrogen (secondary N) is 1. The summed E-state index contributed by atoms with van der Waals surface area (Å²) in [7, 11) is -2.50. The van der Waals surface area contributed by atoms with E-state index in [1.54, 1.807) is 19.2 Å². The fourth-order valence-corrected chi connectivity index (χ4v) is 5.99. The van der Waals surface area contributed by atoms with Crippen LogP contribution in [0, 0.1) is 18.8 Å². The van der Waals surface area contributed by atoms with Gasteiger partial charge in [0.15, 0.2) is 0 Å². The van der Waals surface area contributed by atoms with Crippen molar-refractivity contribution in [2.24, 2.45) is 11.8 Å². The Morgan fingerprint density at radius 2 is 1.88 bits per heavy atom. The Hall–Kier alpha value is -2.11. The largest absolute Gasteiger partial charge is 0.496 e. The summed E-state index contributed by atoms with van der Waals surface area (Å²) in [4.78, 5) is 24.9. The van der Waals surface area contributed by atoms with Crippen LogP contribution in [0.25, 0.3) is 10.9 Å². The van der Waals surface area contributed by atoms with E-state index in [1.165, 1.54) is 35.8 Å². The van der Waals surface area contributed by atoms with Crippen molar-refractivity contribution in [1.82, 2.24) is 9.88 Å². The minimum Gasteiger partial charge on any atom is -0.496 e. The number of benzene rings is 2. The summed E-state index contributed by atoms with van der Waals surface area (Å²) in [6.45, 7) is 3.88. The molecular formula is C25H31N2O4P. The van der Waals surface area contributed by atoms with E-state index in [9.17, 15) is 14.4 Å². The number of piperidine rings is 1. The number of aromatic amines is 1. The third kappa shape index (κ3) is 4.13. The number of hydrogen-bond acceptors (Lipinski definition) is 3. The lowest BCUT2D eigenvalue weighted by Crippen LogP contribution is -2.37. The molecule has 170 valence electrons. The molecule has 2 aliphatic rings. The minimum atomic E-state index is -4.24. The summed E-state index contributed by atoms with van der Waals surface area (Å²) in [5, 5.41) is 1.28. The molecule has 1 saturated carbocycles. The summed E-state index contributed by atoms with van der Waals surface area (Å²) < 4.78 is 17.4. The molecule has 1 aliphatic carbocycles. The molecule has 1 saturated heterocycles. The molecule has 2 fully saturated rings. The first kappa shape index (κ1) is 21.7. The number of hydrogen-bond donors (Lipinski definition) is 3. The third-order valence-corrected chi connectivity index (χ3v) is 8.32. The lowest BCUT2D eigenvalue weighted by molar-refractivity contribution is 0.0954. The molecule has 2 heterocycles. The molecule has 0 spiro atoms. The summed E-state index contributed by atoms with van der Waals surface area (Å²) in [6.07, 6.45) is 6.95. The second-order valence-corrected chi connectivity index (χ2v) is 11.0. The Morgan fingerprint density at radius 3 is 2.53 bits per heavy atom. The lowest BCUT2D eigenvalue weighted by atomic mass is 9.84. The average Bonchev–Trinajstić information content (AvgIpc) is 3.51. The normalized spacial score (nSPS) is 22.4. The molecule has 1 aliphatic heterocycles. The first-order valence-electron chi connectivity index (χ1n) is 11.4. The van der Waals surface area contributed by atoms with Gasteiger partial charge in [0.2, 0.25) is 0 Å². The average molecular weight is 455 g/mol. The van der Waals surface area contributed by atoms with Gasteiger partial charge in [0.05, 0.1) is 12.4 Å². The number of ether oxygens (including phenoxy) is 1. The Labute approximate surface area is 188 Å². The maximum Gasteiger partial charge on any atom is 0.356 e. The highest BCUT2D eigenvalue weighted by Crippen LogP contribution is 2.47. The second-order valence-electron chi connectivity index (χ2n) is 9.38. The van der Waals surface area contributed by atoms with Gasteiger partial charge in [-0.25, -0.2) is 0 Å². The molecule has 7 heteroatoms. The zero-order valence-electron chi connectivity index (χ0n) is 18.6. The second kappa shape index (κ2) is 8.35. The van der Waals surface area contributed by atoms with Crippen LogP contribution in [-0.4, -0.2) is 33.3 Å². The Kier molecular flexibility index (Phi) is 5.67. The van der Waals surface area contributed by atoms with E-state index >= 15 is 0 Å². The van der Waals surface area contributed by atoms with Gasteiger partial charge in [0, 0.05) is 35.2 Å². The smallest absolute Gasteiger partial charge is 0.356 e. The topological polar surface area (TPSA) is 85.8 Å². The predicted octanol–water partition coefficient (Wildman–Crippen LogP) is 4.65. The number of aromatic nitrogens is 1. The number of nitrogens with zero attached hydrogens (tertiary/aromatic N) is 1. The number of fused-ring (bicyclic) bond motifs is 1. The van der Waals surface area contributed by atoms with Gasteiger partial charge in [-0.2, -0.15) is 0 Å². The standard InChI is InChI=1S/C25H31N2O4P/c1-16-13-24(31-2)22(21-9-11-26-25(16)21)15-27-12-10-19(17-3-4-17)14-23(27)18-5-7-20(8-6-18)32(28,29)30/h5-9,11,13,17,19,23,26H,3-4,10,12,14-15H2,1-2H3,(H2,28,29,30)/t19?,23-/m0/s1. The van der Waals surface area contributed by atoms with Crippen molar-refractivity contribution in [2.75, 3.05) is 13.7 Å². The van der Waals surface area contributed by atoms with Crippen LogP contribution >= 0.6 is 7.60 Å². The molecule has 2 aromatic carbocycles. The molecule has 1 unspecified atom stereocenters. The molecular weight excluding hydrogens is 423 g/mol. The zero-order valence-corrected chi connectivity index (χ0v) is 19.5. The quantitative estimate of drug-likeness (QED) is 0.472. The molecule has 3 N–H and O–H groups in total. The number of H-pyrrole nitrogens is 1. The van der Waals surface area contributed by atoms with E-state index in [2.05, 4.69) is 28.9 Å². The van der Waals surface area contributed by atoms with Crippen molar-refractivity contribution in [3.05, 3.63) is 59.3 Å². The summed E-state index contributed by atoms with van der Waals surface area (Å²) in [6, 6.07) is 11.4. The molecule has 0 amide bonds. The Balaban J connectivity index is 1.49. The van der Waals surface area contributed by atoms with Gasteiger partial charge >= 0.3 is 7.60 Å². The van der Waals surface area contributed by atoms with Crippen molar-refractivity contribution in [2.45, 2.75) is 45.2 Å². The lowest BCUT2D eigenvalue weighted by Gasteiger charge is -2.40. The van der Waals surface area contributed by atoms with Crippen LogP contribution in [-0.2, 0) is 11.1 Å². The van der Waals surface area contributed by atoms with E-state index < -0.39 is 7.60 Å². The molecule has 5 rings (SSSR count). The van der Waals surface area contributed by atoms with Crippen molar-refractivity contribution in [1.29, 1.82) is 0 Å². The van der Waals surface area contributed by atoms with Crippen molar-refractivity contribution < 1.29 is 19.1 Å². The van der Waals surface area contributed by atoms with Gasteiger partial charge < -0.3 is 19.5 Å². The summed E-state index contributed by atoms with van der Waals surface area (Å²) in [5.41, 5.74) is 4.64. The van der Waals surface area contributed by atoms with E-state index in [0.717, 1.165) is 48.2 Å². The molecule has 0 bridgehead atoms. The Bertz CT molecular complexity index is 1160. The van der Waals surface area contributed by atoms with Crippen molar-refractivity contribution in [3.63, 3.8) is 0 Å². The fourth-order valence-electron chi connectivity index (χ4n) is 5.45. The van der Waals surface area contributed by atoms with Crippen LogP contribution in [0.1, 0.15) is 48.4 Å². The number of aryl methyl sites for hydroxylation is 1. The highest BCUT2D eigenvalue weighted by molar-refractivity contribution is 7.60. The SMILES string of the molecule is COc1cc(C)c2[nH]ccc2c1CN1CCC(C2CC2)C[C@H]1c1ccc(P(=O)(O)O)cc1. The summed E-state index contributed by atoms with van der Waals surface area (Å²) in [5.74, 6) is 2.48. The van der Waals surface area contributed by atoms with E-state index in [4.69, 9.17) is 4.74 Å². The third-order valence-electron chi connectivity index (χ3n) is 7.35. The van der Waals surface area contributed by atoms with Gasteiger partial charge in [-0.15, -0.1) is 0 Å². The van der Waals surface area contributed by atoms with Crippen LogP contribution in [0.3, 0.4) is 0 Å². The predicted molar refractivity (Wildman–Crippen MR) is 126 cm³/mol. The summed E-state index contributed by atoms with van der Waals surface area (Å²) >= 11 is 0. The van der Waals surface area contributed by atoms with Crippen LogP contribution in [0.4, 0.5) is 0 Å². The van der Waals surface area contributed by atoms with Gasteiger partial charge in [-0.1, -0.05) is 12.1 Å². The number of likely N-dealkylation sites (tertiary alicyclic amines) is 1. The molecule has 1 aromatic heterocycles. The number of rotatable bonds is 6. The minimum absolute atomic E-state index is 0.0802. The van der Waals surface area contributed by atoms with Gasteiger partial charge in [0.25, 0.3) is 0 Å². The molecule has 32 heavy (non-hydrogen) atoms. The highest BCUT2D eigenvalue weighted by Gasteiger charge is 2.38. The molecule has 2 atom stereocenters. The zero-order chi connectivity index (χ0) is 22.5. The first-order valence-corrected chi connectivity index (χ1v) is 13.0. The van der Waals surface area contributed by atoms with E-state index in [-0.39, 0.29) is 11.3 Å². The highest BCUT2D eigenvalue weighted by atomic mass is 31.2. The molecule has 0 radical (unpaired) electrons. The van der Waals surface area contributed by atoms with Crippen molar-refractivity contribution >= 4 is 23.8 Å². The van der Waals surface area contributed by atoms with Crippen LogP contribution in [0.2, 0.25) is 0 Å². The first-order chi connectivity index (χ1) is 15.3. The monoisotopic (exact) mass is 454 g/mol. The van der Waals surface area contributed by atoms with E-state index in [0.29, 0.717) is 0 Å².